The molecule has 5 heteroatoms. The lowest BCUT2D eigenvalue weighted by molar-refractivity contribution is 0.785. The van der Waals surface area contributed by atoms with Crippen LogP contribution in [0.15, 0.2) is 60.7 Å². The van der Waals surface area contributed by atoms with E-state index in [-0.39, 0.29) is 0 Å². The van der Waals surface area contributed by atoms with Gasteiger partial charge >= 0.3 is 0 Å². The maximum atomic E-state index is 5.16. The van der Waals surface area contributed by atoms with Gasteiger partial charge in [0.2, 0.25) is 5.13 Å². The number of rotatable bonds is 5. The van der Waals surface area contributed by atoms with E-state index in [1.165, 1.54) is 22.5 Å². The third-order valence-electron chi connectivity index (χ3n) is 3.13. The second-order valence-corrected chi connectivity index (χ2v) is 6.37. The molecule has 0 aliphatic rings. The third kappa shape index (κ3) is 3.77. The Morgan fingerprint density at radius 2 is 1.43 bits per heavy atom. The van der Waals surface area contributed by atoms with E-state index >= 15 is 0 Å². The van der Waals surface area contributed by atoms with Crippen LogP contribution in [0.25, 0.3) is 0 Å². The Bertz CT molecular complexity index is 693. The highest BCUT2D eigenvalue weighted by Crippen LogP contribution is 2.22. The third-order valence-corrected chi connectivity index (χ3v) is 4.28. The Morgan fingerprint density at radius 3 is 1.86 bits per heavy atom. The molecule has 3 rings (SSSR count). The minimum Gasteiger partial charge on any atom is -0.338 e. The standard InChI is InChI=1S/C16H15N3S2/c20-16-18-17-15(21-16)19(11-13-7-3-1-4-8-13)12-14-9-5-2-6-10-14/h1-10H,11-12H2,(H,18,20). The fourth-order valence-corrected chi connectivity index (χ4v) is 3.03. The number of benzene rings is 2. The van der Waals surface area contributed by atoms with Crippen molar-refractivity contribution in [1.82, 2.24) is 10.2 Å². The zero-order valence-electron chi connectivity index (χ0n) is 11.4. The predicted octanol–water partition coefficient (Wildman–Crippen LogP) is 4.41. The van der Waals surface area contributed by atoms with Crippen LogP contribution in [0.5, 0.6) is 0 Å². The van der Waals surface area contributed by atoms with E-state index in [1.807, 2.05) is 12.1 Å². The molecule has 3 nitrogen and oxygen atoms in total. The second kappa shape index (κ2) is 6.65. The average Bonchev–Trinajstić information content (AvgIpc) is 2.95. The molecule has 1 N–H and O–H groups in total. The summed E-state index contributed by atoms with van der Waals surface area (Å²) in [6.07, 6.45) is 0. The van der Waals surface area contributed by atoms with Gasteiger partial charge in [-0.2, -0.15) is 0 Å². The molecule has 1 aromatic heterocycles. The van der Waals surface area contributed by atoms with Crippen LogP contribution < -0.4 is 4.90 Å². The van der Waals surface area contributed by atoms with Gasteiger partial charge in [-0.15, -0.1) is 5.10 Å². The normalized spacial score (nSPS) is 10.5. The summed E-state index contributed by atoms with van der Waals surface area (Å²) in [5.74, 6) is 0. The largest absolute Gasteiger partial charge is 0.338 e. The molecule has 0 aliphatic heterocycles. The van der Waals surface area contributed by atoms with E-state index in [9.17, 15) is 0 Å². The highest BCUT2D eigenvalue weighted by molar-refractivity contribution is 7.73. The molecule has 0 atom stereocenters. The number of aromatic nitrogens is 2. The van der Waals surface area contributed by atoms with Crippen LogP contribution in [0, 0.1) is 3.95 Å². The smallest absolute Gasteiger partial charge is 0.207 e. The molecule has 0 unspecified atom stereocenters. The van der Waals surface area contributed by atoms with E-state index in [4.69, 9.17) is 12.2 Å². The topological polar surface area (TPSA) is 31.9 Å². The minimum atomic E-state index is 0.705. The van der Waals surface area contributed by atoms with Gasteiger partial charge in [-0.05, 0) is 23.3 Å². The van der Waals surface area contributed by atoms with Crippen molar-refractivity contribution < 1.29 is 0 Å². The van der Waals surface area contributed by atoms with E-state index in [2.05, 4.69) is 63.6 Å². The van der Waals surface area contributed by atoms with Gasteiger partial charge < -0.3 is 4.90 Å². The van der Waals surface area contributed by atoms with Crippen molar-refractivity contribution in [3.63, 3.8) is 0 Å². The average molecular weight is 313 g/mol. The summed E-state index contributed by atoms with van der Waals surface area (Å²) in [4.78, 5) is 2.24. The molecule has 0 spiro atoms. The first-order valence-corrected chi connectivity index (χ1v) is 7.92. The maximum absolute atomic E-state index is 5.16. The zero-order valence-corrected chi connectivity index (χ0v) is 13.0. The number of hydrogen-bond acceptors (Lipinski definition) is 4. The van der Waals surface area contributed by atoms with Crippen molar-refractivity contribution in [3.05, 3.63) is 75.7 Å². The fraction of sp³-hybridized carbons (Fsp3) is 0.125. The summed E-state index contributed by atoms with van der Waals surface area (Å²) < 4.78 is 0.705. The van der Waals surface area contributed by atoms with Crippen LogP contribution in [-0.4, -0.2) is 10.2 Å². The zero-order chi connectivity index (χ0) is 14.5. The highest BCUT2D eigenvalue weighted by atomic mass is 32.1. The second-order valence-electron chi connectivity index (χ2n) is 4.72. The van der Waals surface area contributed by atoms with Gasteiger partial charge in [-0.3, -0.25) is 5.10 Å². The summed E-state index contributed by atoms with van der Waals surface area (Å²) in [6, 6.07) is 20.8. The summed E-state index contributed by atoms with van der Waals surface area (Å²) in [6.45, 7) is 1.62. The SMILES string of the molecule is S=c1[nH]nc(N(Cc2ccccc2)Cc2ccccc2)s1. The molecule has 1 heterocycles. The van der Waals surface area contributed by atoms with Crippen LogP contribution in [0.2, 0.25) is 0 Å². The lowest BCUT2D eigenvalue weighted by Gasteiger charge is -2.21. The number of H-pyrrole nitrogens is 1. The van der Waals surface area contributed by atoms with Crippen molar-refractivity contribution >= 4 is 28.7 Å². The number of anilines is 1. The molecular formula is C16H15N3S2. The van der Waals surface area contributed by atoms with Crippen LogP contribution in [0.3, 0.4) is 0 Å². The molecular weight excluding hydrogens is 298 g/mol. The van der Waals surface area contributed by atoms with Crippen LogP contribution in [0.1, 0.15) is 11.1 Å². The Kier molecular flexibility index (Phi) is 4.43. The van der Waals surface area contributed by atoms with Gasteiger partial charge in [-0.25, -0.2) is 0 Å². The van der Waals surface area contributed by atoms with E-state index in [0.29, 0.717) is 3.95 Å². The van der Waals surface area contributed by atoms with Crippen molar-refractivity contribution in [2.45, 2.75) is 13.1 Å². The molecule has 0 saturated carbocycles. The van der Waals surface area contributed by atoms with E-state index in [0.717, 1.165) is 18.2 Å². The van der Waals surface area contributed by atoms with Crippen molar-refractivity contribution in [2.24, 2.45) is 0 Å². The lowest BCUT2D eigenvalue weighted by Crippen LogP contribution is -2.21. The van der Waals surface area contributed by atoms with Crippen LogP contribution >= 0.6 is 23.6 Å². The molecule has 2 aromatic carbocycles. The lowest BCUT2D eigenvalue weighted by atomic mass is 10.2. The first-order valence-electron chi connectivity index (χ1n) is 6.69. The fourth-order valence-electron chi connectivity index (χ4n) is 2.16. The van der Waals surface area contributed by atoms with Crippen LogP contribution in [0.4, 0.5) is 5.13 Å². The quantitative estimate of drug-likeness (QED) is 0.708. The van der Waals surface area contributed by atoms with Gasteiger partial charge in [0.25, 0.3) is 0 Å². The number of aromatic amines is 1. The first-order chi connectivity index (χ1) is 10.3. The van der Waals surface area contributed by atoms with Gasteiger partial charge in [0, 0.05) is 13.1 Å². The molecule has 3 aromatic rings. The first kappa shape index (κ1) is 14.0. The molecule has 21 heavy (non-hydrogen) atoms. The van der Waals surface area contributed by atoms with Gasteiger partial charge in [0.1, 0.15) is 0 Å². The molecule has 0 fully saturated rings. The van der Waals surface area contributed by atoms with E-state index in [1.54, 1.807) is 0 Å². The number of nitrogens with zero attached hydrogens (tertiary/aromatic N) is 2. The number of hydrogen-bond donors (Lipinski definition) is 1. The highest BCUT2D eigenvalue weighted by Gasteiger charge is 2.11. The molecule has 106 valence electrons. The van der Waals surface area contributed by atoms with Crippen molar-refractivity contribution in [1.29, 1.82) is 0 Å². The molecule has 0 radical (unpaired) electrons. The van der Waals surface area contributed by atoms with Crippen LogP contribution in [-0.2, 0) is 13.1 Å². The summed E-state index contributed by atoms with van der Waals surface area (Å²) >= 11 is 6.66. The van der Waals surface area contributed by atoms with E-state index < -0.39 is 0 Å². The molecule has 0 aliphatic carbocycles. The predicted molar refractivity (Wildman–Crippen MR) is 90.1 cm³/mol. The summed E-state index contributed by atoms with van der Waals surface area (Å²) in [7, 11) is 0. The molecule has 0 saturated heterocycles. The van der Waals surface area contributed by atoms with Gasteiger partial charge in [0.15, 0.2) is 3.95 Å². The number of nitrogens with one attached hydrogen (secondary N) is 1. The van der Waals surface area contributed by atoms with Crippen molar-refractivity contribution in [2.75, 3.05) is 4.90 Å². The van der Waals surface area contributed by atoms with Crippen molar-refractivity contribution in [3.8, 4) is 0 Å². The Balaban J connectivity index is 1.86. The van der Waals surface area contributed by atoms with Gasteiger partial charge in [-0.1, -0.05) is 72.0 Å². The maximum Gasteiger partial charge on any atom is 0.207 e. The Hall–Kier alpha value is -1.98. The Morgan fingerprint density at radius 1 is 0.905 bits per heavy atom. The summed E-state index contributed by atoms with van der Waals surface area (Å²) in [5.41, 5.74) is 2.52. The molecule has 0 bridgehead atoms. The monoisotopic (exact) mass is 313 g/mol. The van der Waals surface area contributed by atoms with Gasteiger partial charge in [0.05, 0.1) is 0 Å². The Labute approximate surface area is 132 Å². The summed E-state index contributed by atoms with van der Waals surface area (Å²) in [5, 5.41) is 8.11. The minimum absolute atomic E-state index is 0.705. The molecule has 0 amide bonds.